The van der Waals surface area contributed by atoms with Gasteiger partial charge in [0.1, 0.15) is 5.58 Å². The lowest BCUT2D eigenvalue weighted by atomic mass is 10.0. The molecule has 0 saturated carbocycles. The van der Waals surface area contributed by atoms with Gasteiger partial charge >= 0.3 is 0 Å². The summed E-state index contributed by atoms with van der Waals surface area (Å²) in [6.07, 6.45) is 1.90. The third kappa shape index (κ3) is 3.95. The van der Waals surface area contributed by atoms with Crippen molar-refractivity contribution >= 4 is 26.9 Å². The first-order chi connectivity index (χ1) is 15.1. The first kappa shape index (κ1) is 22.6. The van der Waals surface area contributed by atoms with E-state index in [1.165, 1.54) is 4.31 Å². The van der Waals surface area contributed by atoms with Crippen LogP contribution in [0.4, 0.5) is 0 Å². The molecule has 1 fully saturated rings. The molecule has 0 radical (unpaired) electrons. The third-order valence-electron chi connectivity index (χ3n) is 6.64. The van der Waals surface area contributed by atoms with Gasteiger partial charge in [-0.15, -0.1) is 0 Å². The molecule has 7 heteroatoms. The first-order valence-electron chi connectivity index (χ1n) is 10.9. The van der Waals surface area contributed by atoms with E-state index in [4.69, 9.17) is 4.42 Å². The molecule has 4 rings (SSSR count). The van der Waals surface area contributed by atoms with Crippen molar-refractivity contribution in [1.82, 2.24) is 9.21 Å². The van der Waals surface area contributed by atoms with Crippen molar-refractivity contribution in [3.8, 4) is 0 Å². The zero-order valence-electron chi connectivity index (χ0n) is 19.4. The second kappa shape index (κ2) is 8.37. The minimum atomic E-state index is -3.62. The van der Waals surface area contributed by atoms with Crippen molar-refractivity contribution in [2.75, 3.05) is 26.2 Å². The van der Waals surface area contributed by atoms with Crippen LogP contribution < -0.4 is 0 Å². The highest BCUT2D eigenvalue weighted by Crippen LogP contribution is 2.29. The number of amides is 1. The van der Waals surface area contributed by atoms with Crippen molar-refractivity contribution < 1.29 is 17.6 Å². The second-order valence-electron chi connectivity index (χ2n) is 8.81. The largest absolute Gasteiger partial charge is 0.464 e. The fourth-order valence-corrected chi connectivity index (χ4v) is 6.47. The number of hydrogen-bond acceptors (Lipinski definition) is 4. The zero-order valence-corrected chi connectivity index (χ0v) is 20.2. The van der Waals surface area contributed by atoms with Crippen molar-refractivity contribution in [3.05, 3.63) is 63.9 Å². The minimum absolute atomic E-state index is 0.0101. The Bertz CT molecular complexity index is 1270. The Labute approximate surface area is 189 Å². The lowest BCUT2D eigenvalue weighted by molar-refractivity contribution is -0.131. The molecule has 1 amide bonds. The number of carbonyl (C=O) groups excluding carboxylic acids is 1. The van der Waals surface area contributed by atoms with Gasteiger partial charge in [0.05, 0.1) is 17.6 Å². The predicted molar refractivity (Wildman–Crippen MR) is 125 cm³/mol. The van der Waals surface area contributed by atoms with Gasteiger partial charge in [-0.05, 0) is 68.5 Å². The van der Waals surface area contributed by atoms with Gasteiger partial charge in [-0.3, -0.25) is 4.79 Å². The van der Waals surface area contributed by atoms with Crippen molar-refractivity contribution in [1.29, 1.82) is 0 Å². The highest BCUT2D eigenvalue weighted by Gasteiger charge is 2.33. The Morgan fingerprint density at radius 3 is 2.19 bits per heavy atom. The van der Waals surface area contributed by atoms with Crippen LogP contribution in [-0.4, -0.2) is 49.7 Å². The molecule has 170 valence electrons. The smallest absolute Gasteiger partial charge is 0.243 e. The fourth-order valence-electron chi connectivity index (χ4n) is 4.48. The molecule has 0 unspecified atom stereocenters. The molecule has 1 aliphatic rings. The van der Waals surface area contributed by atoms with Crippen LogP contribution in [0, 0.1) is 34.6 Å². The van der Waals surface area contributed by atoms with E-state index < -0.39 is 10.0 Å². The molecule has 0 aliphatic carbocycles. The Hall–Kier alpha value is -2.64. The fraction of sp³-hybridized carbons (Fsp3) is 0.400. The number of aryl methyl sites for hydroxylation is 3. The number of piperazine rings is 1. The standard InChI is InChI=1S/C25H30N2O4S/c1-16-6-7-22-21(15-31-23(22)12-16)14-24(28)26-8-10-27(11-9-26)32(29,30)25-19(4)17(2)13-18(3)20(25)5/h6-7,12-13,15H,8-11,14H2,1-5H3. The number of benzene rings is 2. The lowest BCUT2D eigenvalue weighted by Gasteiger charge is -2.34. The molecular formula is C25H30N2O4S. The maximum absolute atomic E-state index is 13.5. The number of rotatable bonds is 4. The van der Waals surface area contributed by atoms with Crippen LogP contribution in [0.2, 0.25) is 0 Å². The summed E-state index contributed by atoms with van der Waals surface area (Å²) >= 11 is 0. The first-order valence-corrected chi connectivity index (χ1v) is 12.4. The van der Waals surface area contributed by atoms with Crippen LogP contribution in [0.25, 0.3) is 11.0 Å². The van der Waals surface area contributed by atoms with E-state index in [0.29, 0.717) is 31.1 Å². The number of furan rings is 1. The maximum atomic E-state index is 13.5. The monoisotopic (exact) mass is 454 g/mol. The Morgan fingerprint density at radius 2 is 1.56 bits per heavy atom. The van der Waals surface area contributed by atoms with Gasteiger partial charge in [0.25, 0.3) is 0 Å². The number of sulfonamides is 1. The Kier molecular flexibility index (Phi) is 5.90. The highest BCUT2D eigenvalue weighted by atomic mass is 32.2. The molecule has 3 aromatic rings. The third-order valence-corrected chi connectivity index (χ3v) is 8.81. The summed E-state index contributed by atoms with van der Waals surface area (Å²) in [5.74, 6) is -0.0101. The van der Waals surface area contributed by atoms with Crippen LogP contribution >= 0.6 is 0 Å². The lowest BCUT2D eigenvalue weighted by Crippen LogP contribution is -2.51. The molecule has 1 saturated heterocycles. The molecule has 0 bridgehead atoms. The van der Waals surface area contributed by atoms with E-state index in [1.807, 2.05) is 58.9 Å². The molecule has 0 N–H and O–H groups in total. The molecule has 2 heterocycles. The summed E-state index contributed by atoms with van der Waals surface area (Å²) in [7, 11) is -3.62. The second-order valence-corrected chi connectivity index (χ2v) is 10.7. The molecule has 1 aromatic heterocycles. The number of hydrogen-bond donors (Lipinski definition) is 0. The molecule has 6 nitrogen and oxygen atoms in total. The Morgan fingerprint density at radius 1 is 0.938 bits per heavy atom. The van der Waals surface area contributed by atoms with E-state index >= 15 is 0 Å². The molecule has 2 aromatic carbocycles. The average Bonchev–Trinajstić information content (AvgIpc) is 3.14. The summed E-state index contributed by atoms with van der Waals surface area (Å²) in [6.45, 7) is 11.0. The summed E-state index contributed by atoms with van der Waals surface area (Å²) in [4.78, 5) is 15.1. The van der Waals surface area contributed by atoms with Crippen LogP contribution in [0.1, 0.15) is 33.4 Å². The van der Waals surface area contributed by atoms with Gasteiger partial charge in [0.2, 0.25) is 15.9 Å². The molecule has 0 spiro atoms. The van der Waals surface area contributed by atoms with Crippen molar-refractivity contribution in [3.63, 3.8) is 0 Å². The van der Waals surface area contributed by atoms with Gasteiger partial charge < -0.3 is 9.32 Å². The summed E-state index contributed by atoms with van der Waals surface area (Å²) < 4.78 is 34.0. The SMILES string of the molecule is Cc1ccc2c(CC(=O)N3CCN(S(=O)(=O)c4c(C)c(C)cc(C)c4C)CC3)coc2c1. The number of carbonyl (C=O) groups is 1. The average molecular weight is 455 g/mol. The molecular weight excluding hydrogens is 424 g/mol. The van der Waals surface area contributed by atoms with E-state index in [2.05, 4.69) is 0 Å². The topological polar surface area (TPSA) is 70.8 Å². The maximum Gasteiger partial charge on any atom is 0.243 e. The summed E-state index contributed by atoms with van der Waals surface area (Å²) in [5.41, 5.74) is 6.30. The number of fused-ring (bicyclic) bond motifs is 1. The molecule has 1 aliphatic heterocycles. The quantitative estimate of drug-likeness (QED) is 0.596. The molecule has 0 atom stereocenters. The van der Waals surface area contributed by atoms with Gasteiger partial charge in [0, 0.05) is 37.1 Å². The predicted octanol–water partition coefficient (Wildman–Crippen LogP) is 4.05. The number of nitrogens with zero attached hydrogens (tertiary/aromatic N) is 2. The zero-order chi connectivity index (χ0) is 23.2. The van der Waals surface area contributed by atoms with E-state index in [0.717, 1.165) is 44.3 Å². The van der Waals surface area contributed by atoms with Crippen molar-refractivity contribution in [2.45, 2.75) is 45.9 Å². The van der Waals surface area contributed by atoms with Crippen LogP contribution in [0.15, 0.2) is 39.8 Å². The highest BCUT2D eigenvalue weighted by molar-refractivity contribution is 7.89. The Balaban J connectivity index is 1.47. The van der Waals surface area contributed by atoms with Gasteiger partial charge in [0.15, 0.2) is 0 Å². The van der Waals surface area contributed by atoms with Crippen LogP contribution in [0.5, 0.6) is 0 Å². The molecule has 32 heavy (non-hydrogen) atoms. The van der Waals surface area contributed by atoms with Gasteiger partial charge in [-0.1, -0.05) is 18.2 Å². The van der Waals surface area contributed by atoms with E-state index in [-0.39, 0.29) is 12.3 Å². The van der Waals surface area contributed by atoms with Gasteiger partial charge in [-0.25, -0.2) is 8.42 Å². The van der Waals surface area contributed by atoms with E-state index in [1.54, 1.807) is 11.2 Å². The normalized spacial score (nSPS) is 15.5. The van der Waals surface area contributed by atoms with Gasteiger partial charge in [-0.2, -0.15) is 4.31 Å². The summed E-state index contributed by atoms with van der Waals surface area (Å²) in [5, 5.41) is 0.950. The van der Waals surface area contributed by atoms with Crippen LogP contribution in [-0.2, 0) is 21.2 Å². The summed E-state index contributed by atoms with van der Waals surface area (Å²) in [6, 6.07) is 7.98. The van der Waals surface area contributed by atoms with E-state index in [9.17, 15) is 13.2 Å². The van der Waals surface area contributed by atoms with Crippen LogP contribution in [0.3, 0.4) is 0 Å². The van der Waals surface area contributed by atoms with Crippen molar-refractivity contribution in [2.24, 2.45) is 0 Å². The minimum Gasteiger partial charge on any atom is -0.464 e.